The van der Waals surface area contributed by atoms with E-state index in [1.54, 1.807) is 23.9 Å². The lowest BCUT2D eigenvalue weighted by Gasteiger charge is -2.25. The quantitative estimate of drug-likeness (QED) is 0.882. The summed E-state index contributed by atoms with van der Waals surface area (Å²) < 4.78 is 5.40. The first kappa shape index (κ1) is 13.5. The van der Waals surface area contributed by atoms with Crippen molar-refractivity contribution < 1.29 is 5.11 Å². The van der Waals surface area contributed by atoms with Gasteiger partial charge in [-0.15, -0.1) is 0 Å². The molecule has 1 aromatic heterocycles. The van der Waals surface area contributed by atoms with Gasteiger partial charge in [-0.05, 0) is 47.5 Å². The number of phenolic OH excluding ortho intramolecular Hbond substituents is 1. The summed E-state index contributed by atoms with van der Waals surface area (Å²) >= 11 is 3.09. The van der Waals surface area contributed by atoms with Crippen LogP contribution in [0.25, 0.3) is 5.57 Å². The molecule has 0 amide bonds. The number of hydrogen-bond acceptors (Lipinski definition) is 6. The molecule has 6 heteroatoms. The fourth-order valence-corrected chi connectivity index (χ4v) is 3.22. The summed E-state index contributed by atoms with van der Waals surface area (Å²) in [6.07, 6.45) is 5.21. The molecule has 0 aliphatic carbocycles. The van der Waals surface area contributed by atoms with E-state index in [9.17, 15) is 5.11 Å². The predicted molar refractivity (Wildman–Crippen MR) is 84.6 cm³/mol. The first-order valence-corrected chi connectivity index (χ1v) is 8.37. The van der Waals surface area contributed by atoms with Crippen LogP contribution in [0.4, 0.5) is 5.95 Å². The molecule has 0 saturated carbocycles. The average molecular weight is 305 g/mol. The molecule has 1 N–H and O–H groups in total. The Balaban J connectivity index is 1.72. The maximum absolute atomic E-state index is 9.33. The normalized spacial score (nSPS) is 15.2. The van der Waals surface area contributed by atoms with E-state index in [4.69, 9.17) is 0 Å². The van der Waals surface area contributed by atoms with Gasteiger partial charge in [0.15, 0.2) is 4.34 Å². The summed E-state index contributed by atoms with van der Waals surface area (Å²) in [4.78, 5) is 6.69. The van der Waals surface area contributed by atoms with Crippen molar-refractivity contribution in [2.24, 2.45) is 0 Å². The molecule has 1 aliphatic heterocycles. The lowest BCUT2D eigenvalue weighted by atomic mass is 9.99. The predicted octanol–water partition coefficient (Wildman–Crippen LogP) is 3.26. The molecule has 0 spiro atoms. The fraction of sp³-hybridized carbons (Fsp3) is 0.286. The molecular weight excluding hydrogens is 290 g/mol. The largest absolute Gasteiger partial charge is 0.508 e. The summed E-state index contributed by atoms with van der Waals surface area (Å²) in [6, 6.07) is 7.39. The number of thioether (sulfide) groups is 1. The molecule has 0 fully saturated rings. The summed E-state index contributed by atoms with van der Waals surface area (Å²) in [7, 11) is 0. The van der Waals surface area contributed by atoms with Crippen molar-refractivity contribution in [2.75, 3.05) is 24.2 Å². The molecule has 0 saturated heterocycles. The van der Waals surface area contributed by atoms with Gasteiger partial charge in [-0.25, -0.2) is 0 Å². The number of aromatic hydroxyl groups is 1. The molecule has 20 heavy (non-hydrogen) atoms. The Hall–Kier alpha value is -1.53. The zero-order chi connectivity index (χ0) is 13.9. The Morgan fingerprint density at radius 1 is 1.30 bits per heavy atom. The van der Waals surface area contributed by atoms with Crippen molar-refractivity contribution in [3.8, 4) is 5.75 Å². The minimum atomic E-state index is 0.308. The van der Waals surface area contributed by atoms with Crippen LogP contribution in [-0.4, -0.2) is 33.8 Å². The van der Waals surface area contributed by atoms with E-state index in [1.165, 1.54) is 22.7 Å². The van der Waals surface area contributed by atoms with Crippen molar-refractivity contribution in [3.05, 3.63) is 35.9 Å². The molecule has 0 radical (unpaired) electrons. The second-order valence-corrected chi connectivity index (χ2v) is 6.34. The first-order valence-electron chi connectivity index (χ1n) is 6.37. The lowest BCUT2D eigenvalue weighted by Crippen LogP contribution is -2.29. The molecule has 1 aromatic carbocycles. The molecule has 3 rings (SSSR count). The highest BCUT2D eigenvalue weighted by Gasteiger charge is 2.17. The minimum absolute atomic E-state index is 0.308. The summed E-state index contributed by atoms with van der Waals surface area (Å²) in [5, 5.41) is 9.33. The van der Waals surface area contributed by atoms with Crippen molar-refractivity contribution in [3.63, 3.8) is 0 Å². The molecule has 2 heterocycles. The minimum Gasteiger partial charge on any atom is -0.508 e. The van der Waals surface area contributed by atoms with Crippen LogP contribution in [0.15, 0.2) is 34.7 Å². The van der Waals surface area contributed by atoms with Crippen LogP contribution in [0.1, 0.15) is 12.0 Å². The molecule has 1 aliphatic rings. The van der Waals surface area contributed by atoms with E-state index in [1.807, 2.05) is 18.4 Å². The zero-order valence-electron chi connectivity index (χ0n) is 11.1. The van der Waals surface area contributed by atoms with Crippen LogP contribution >= 0.6 is 23.3 Å². The summed E-state index contributed by atoms with van der Waals surface area (Å²) in [5.74, 6) is 1.14. The van der Waals surface area contributed by atoms with E-state index >= 15 is 0 Å². The van der Waals surface area contributed by atoms with Gasteiger partial charge in [0.2, 0.25) is 5.95 Å². The first-order chi connectivity index (χ1) is 9.76. The lowest BCUT2D eigenvalue weighted by molar-refractivity contribution is 0.475. The number of benzene rings is 1. The average Bonchev–Trinajstić information content (AvgIpc) is 2.97. The molecule has 2 aromatic rings. The van der Waals surface area contributed by atoms with Crippen molar-refractivity contribution in [2.45, 2.75) is 10.8 Å². The fourth-order valence-electron chi connectivity index (χ4n) is 2.20. The topological polar surface area (TPSA) is 49.2 Å². The van der Waals surface area contributed by atoms with Crippen molar-refractivity contribution in [1.82, 2.24) is 9.36 Å². The van der Waals surface area contributed by atoms with E-state index in [-0.39, 0.29) is 0 Å². The molecule has 104 valence electrons. The van der Waals surface area contributed by atoms with E-state index in [0.717, 1.165) is 29.8 Å². The van der Waals surface area contributed by atoms with Crippen LogP contribution in [0.3, 0.4) is 0 Å². The summed E-state index contributed by atoms with van der Waals surface area (Å²) in [6.45, 7) is 1.76. The second-order valence-electron chi connectivity index (χ2n) is 4.54. The Morgan fingerprint density at radius 2 is 2.10 bits per heavy atom. The monoisotopic (exact) mass is 305 g/mol. The number of aromatic nitrogens is 2. The van der Waals surface area contributed by atoms with E-state index in [0.29, 0.717) is 5.75 Å². The third-order valence-corrected chi connectivity index (χ3v) is 4.97. The van der Waals surface area contributed by atoms with Crippen LogP contribution in [0.5, 0.6) is 5.75 Å². The van der Waals surface area contributed by atoms with E-state index < -0.39 is 0 Å². The standard InChI is InChI=1S/C14H15N3OS2/c1-19-14-15-13(16-20-14)17-8-6-11(7-9-17)10-2-4-12(18)5-3-10/h2-6,18H,7-9H2,1H3. The van der Waals surface area contributed by atoms with Crippen LogP contribution < -0.4 is 4.90 Å². The highest BCUT2D eigenvalue weighted by Crippen LogP contribution is 2.27. The van der Waals surface area contributed by atoms with Crippen molar-refractivity contribution >= 4 is 34.8 Å². The van der Waals surface area contributed by atoms with Gasteiger partial charge in [-0.2, -0.15) is 9.36 Å². The Kier molecular flexibility index (Phi) is 3.93. The number of anilines is 1. The number of nitrogens with zero attached hydrogens (tertiary/aromatic N) is 3. The molecule has 4 nitrogen and oxygen atoms in total. The number of rotatable bonds is 3. The molecule has 0 unspecified atom stereocenters. The molecular formula is C14H15N3OS2. The van der Waals surface area contributed by atoms with Crippen LogP contribution in [0, 0.1) is 0 Å². The van der Waals surface area contributed by atoms with Gasteiger partial charge in [-0.1, -0.05) is 30.0 Å². The highest BCUT2D eigenvalue weighted by molar-refractivity contribution is 8.00. The van der Waals surface area contributed by atoms with Gasteiger partial charge < -0.3 is 10.0 Å². The SMILES string of the molecule is CSc1nc(N2CC=C(c3ccc(O)cc3)CC2)ns1. The highest BCUT2D eigenvalue weighted by atomic mass is 32.2. The van der Waals surface area contributed by atoms with Crippen LogP contribution in [0.2, 0.25) is 0 Å². The smallest absolute Gasteiger partial charge is 0.238 e. The zero-order valence-corrected chi connectivity index (χ0v) is 12.7. The van der Waals surface area contributed by atoms with Gasteiger partial charge in [0.25, 0.3) is 0 Å². The Labute approximate surface area is 126 Å². The second kappa shape index (κ2) is 5.85. The van der Waals surface area contributed by atoms with Gasteiger partial charge in [0.1, 0.15) is 5.75 Å². The Morgan fingerprint density at radius 3 is 2.70 bits per heavy atom. The molecule has 0 bridgehead atoms. The number of phenols is 1. The van der Waals surface area contributed by atoms with Gasteiger partial charge in [-0.3, -0.25) is 0 Å². The molecule has 0 atom stereocenters. The number of hydrogen-bond donors (Lipinski definition) is 1. The van der Waals surface area contributed by atoms with Gasteiger partial charge >= 0.3 is 0 Å². The maximum Gasteiger partial charge on any atom is 0.238 e. The summed E-state index contributed by atoms with van der Waals surface area (Å²) in [5.41, 5.74) is 2.50. The van der Waals surface area contributed by atoms with Gasteiger partial charge in [0.05, 0.1) is 0 Å². The van der Waals surface area contributed by atoms with Gasteiger partial charge in [0, 0.05) is 13.1 Å². The van der Waals surface area contributed by atoms with E-state index in [2.05, 4.69) is 20.3 Å². The Bertz CT molecular complexity index is 622. The van der Waals surface area contributed by atoms with Crippen molar-refractivity contribution in [1.29, 1.82) is 0 Å². The maximum atomic E-state index is 9.33. The third-order valence-electron chi connectivity index (χ3n) is 3.30. The third kappa shape index (κ3) is 2.81. The van der Waals surface area contributed by atoms with Crippen LogP contribution in [-0.2, 0) is 0 Å².